The summed E-state index contributed by atoms with van der Waals surface area (Å²) in [6.45, 7) is 9.31. The third-order valence-electron chi connectivity index (χ3n) is 5.50. The number of hydrogen-bond donors (Lipinski definition) is 1. The summed E-state index contributed by atoms with van der Waals surface area (Å²) in [7, 11) is -3.81. The van der Waals surface area contributed by atoms with Crippen LogP contribution in [-0.2, 0) is 21.2 Å². The Labute approximate surface area is 176 Å². The van der Waals surface area contributed by atoms with Crippen LogP contribution in [0.5, 0.6) is 0 Å². The first kappa shape index (κ1) is 20.2. The van der Waals surface area contributed by atoms with Crippen LogP contribution in [0.15, 0.2) is 60.1 Å². The Bertz CT molecular complexity index is 1250. The van der Waals surface area contributed by atoms with Crippen LogP contribution in [0.3, 0.4) is 0 Å². The molecular weight excluding hydrogens is 400 g/mol. The van der Waals surface area contributed by atoms with E-state index in [0.717, 1.165) is 27.6 Å². The largest absolute Gasteiger partial charge is 0.440 e. The molecule has 0 spiro atoms. The molecule has 1 amide bonds. The fourth-order valence-electron chi connectivity index (χ4n) is 4.34. The molecule has 1 aliphatic heterocycles. The van der Waals surface area contributed by atoms with Crippen molar-refractivity contribution in [3.05, 3.63) is 77.5 Å². The molecule has 0 bridgehead atoms. The molecule has 4 rings (SSSR count). The van der Waals surface area contributed by atoms with E-state index in [1.165, 1.54) is 3.97 Å². The second-order valence-electron chi connectivity index (χ2n) is 7.76. The molecular formula is C23H24N2O4S. The molecule has 1 saturated heterocycles. The van der Waals surface area contributed by atoms with Crippen molar-refractivity contribution in [3.63, 3.8) is 0 Å². The van der Waals surface area contributed by atoms with Gasteiger partial charge in [-0.05, 0) is 56.0 Å². The summed E-state index contributed by atoms with van der Waals surface area (Å²) in [4.78, 5) is 12.0. The zero-order chi connectivity index (χ0) is 21.6. The van der Waals surface area contributed by atoms with E-state index in [9.17, 15) is 13.2 Å². The molecule has 6 nitrogen and oxygen atoms in total. The fraction of sp³-hybridized carbons (Fsp3) is 0.261. The van der Waals surface area contributed by atoms with Crippen molar-refractivity contribution in [2.45, 2.75) is 44.2 Å². The normalized spacial score (nSPS) is 19.0. The molecule has 1 aromatic heterocycles. The average molecular weight is 425 g/mol. The minimum atomic E-state index is -3.81. The Kier molecular flexibility index (Phi) is 4.94. The van der Waals surface area contributed by atoms with Crippen molar-refractivity contribution >= 4 is 27.0 Å². The number of nitrogens with zero attached hydrogens (tertiary/aromatic N) is 1. The molecule has 7 heteroatoms. The second-order valence-corrected chi connectivity index (χ2v) is 9.51. The number of carbonyl (C=O) groups excluding carboxylic acids is 1. The van der Waals surface area contributed by atoms with Crippen LogP contribution in [0.1, 0.15) is 22.3 Å². The van der Waals surface area contributed by atoms with Crippen LogP contribution in [0.25, 0.3) is 10.9 Å². The van der Waals surface area contributed by atoms with Crippen molar-refractivity contribution in [2.75, 3.05) is 0 Å². The quantitative estimate of drug-likeness (QED) is 0.628. The number of benzene rings is 2. The minimum Gasteiger partial charge on any atom is -0.440 e. The SMILES string of the molecule is C=C[C@H]1OC(=O)N[C@H]1Cc1cn(S(=O)(=O)c2c(C)cc(C)cc2C)c2ccccc12. The van der Waals surface area contributed by atoms with Gasteiger partial charge in [-0.2, -0.15) is 0 Å². The van der Waals surface area contributed by atoms with Gasteiger partial charge in [0.1, 0.15) is 6.10 Å². The number of rotatable bonds is 5. The van der Waals surface area contributed by atoms with Gasteiger partial charge < -0.3 is 10.1 Å². The van der Waals surface area contributed by atoms with Crippen molar-refractivity contribution in [1.82, 2.24) is 9.29 Å². The standard InChI is InChI=1S/C23H24N2O4S/c1-5-21-19(24-23(26)29-21)12-17-13-25(20-9-7-6-8-18(17)20)30(27,28)22-15(3)10-14(2)11-16(22)4/h5-11,13,19,21H,1,12H2,2-4H3,(H,24,26)/t19-,21+/m0/s1. The smallest absolute Gasteiger partial charge is 0.408 e. The molecule has 1 N–H and O–H groups in total. The van der Waals surface area contributed by atoms with Crippen LogP contribution < -0.4 is 5.32 Å². The molecule has 30 heavy (non-hydrogen) atoms. The molecule has 2 heterocycles. The number of carbonyl (C=O) groups is 1. The van der Waals surface area contributed by atoms with Crippen LogP contribution in [-0.4, -0.2) is 30.6 Å². The number of alkyl carbamates (subject to hydrolysis) is 1. The van der Waals surface area contributed by atoms with Crippen molar-refractivity contribution in [2.24, 2.45) is 0 Å². The van der Waals surface area contributed by atoms with E-state index in [0.29, 0.717) is 16.8 Å². The Morgan fingerprint density at radius 3 is 2.50 bits per heavy atom. The summed E-state index contributed by atoms with van der Waals surface area (Å²) in [6, 6.07) is 10.8. The molecule has 156 valence electrons. The summed E-state index contributed by atoms with van der Waals surface area (Å²) in [5.74, 6) is 0. The van der Waals surface area contributed by atoms with Gasteiger partial charge in [0.25, 0.3) is 10.0 Å². The summed E-state index contributed by atoms with van der Waals surface area (Å²) >= 11 is 0. The minimum absolute atomic E-state index is 0.306. The number of hydrogen-bond acceptors (Lipinski definition) is 4. The van der Waals surface area contributed by atoms with Gasteiger partial charge in [0.05, 0.1) is 16.5 Å². The van der Waals surface area contributed by atoms with E-state index in [4.69, 9.17) is 4.74 Å². The van der Waals surface area contributed by atoms with E-state index in [1.807, 2.05) is 51.1 Å². The summed E-state index contributed by atoms with van der Waals surface area (Å²) in [5.41, 5.74) is 3.88. The number of ether oxygens (including phenoxy) is 1. The van der Waals surface area contributed by atoms with Gasteiger partial charge in [0.2, 0.25) is 0 Å². The molecule has 0 aliphatic carbocycles. The number of para-hydroxylation sites is 1. The van der Waals surface area contributed by atoms with Gasteiger partial charge in [-0.3, -0.25) is 0 Å². The van der Waals surface area contributed by atoms with E-state index >= 15 is 0 Å². The summed E-state index contributed by atoms with van der Waals surface area (Å²) in [5, 5.41) is 3.61. The number of aromatic nitrogens is 1. The van der Waals surface area contributed by atoms with Gasteiger partial charge in [0, 0.05) is 11.6 Å². The van der Waals surface area contributed by atoms with E-state index < -0.39 is 22.2 Å². The third-order valence-corrected chi connectivity index (χ3v) is 7.48. The maximum atomic E-state index is 13.7. The lowest BCUT2D eigenvalue weighted by Crippen LogP contribution is -2.32. The first-order chi connectivity index (χ1) is 14.2. The lowest BCUT2D eigenvalue weighted by atomic mass is 10.0. The highest BCUT2D eigenvalue weighted by Crippen LogP contribution is 2.31. The fourth-order valence-corrected chi connectivity index (χ4v) is 6.15. The topological polar surface area (TPSA) is 77.4 Å². The Morgan fingerprint density at radius 1 is 1.17 bits per heavy atom. The lowest BCUT2D eigenvalue weighted by Gasteiger charge is -2.14. The first-order valence-electron chi connectivity index (χ1n) is 9.74. The average Bonchev–Trinajstić information content (AvgIpc) is 3.21. The Balaban J connectivity index is 1.85. The Morgan fingerprint density at radius 2 is 1.83 bits per heavy atom. The number of cyclic esters (lactones) is 1. The van der Waals surface area contributed by atoms with E-state index in [-0.39, 0.29) is 6.04 Å². The second kappa shape index (κ2) is 7.32. The lowest BCUT2D eigenvalue weighted by molar-refractivity contribution is 0.153. The van der Waals surface area contributed by atoms with Crippen molar-refractivity contribution in [1.29, 1.82) is 0 Å². The highest BCUT2D eigenvalue weighted by molar-refractivity contribution is 7.90. The highest BCUT2D eigenvalue weighted by Gasteiger charge is 2.33. The van der Waals surface area contributed by atoms with Crippen LogP contribution in [0.4, 0.5) is 4.79 Å². The van der Waals surface area contributed by atoms with E-state index in [2.05, 4.69) is 11.9 Å². The van der Waals surface area contributed by atoms with Crippen molar-refractivity contribution in [3.8, 4) is 0 Å². The first-order valence-corrected chi connectivity index (χ1v) is 11.2. The van der Waals surface area contributed by atoms with Gasteiger partial charge in [0.15, 0.2) is 0 Å². The van der Waals surface area contributed by atoms with Crippen molar-refractivity contribution < 1.29 is 17.9 Å². The molecule has 0 radical (unpaired) electrons. The molecule has 0 saturated carbocycles. The van der Waals surface area contributed by atoms with Crippen LogP contribution in [0.2, 0.25) is 0 Å². The summed E-state index contributed by atoms with van der Waals surface area (Å²) < 4.78 is 33.9. The molecule has 2 atom stereocenters. The maximum absolute atomic E-state index is 13.7. The molecule has 2 aromatic carbocycles. The van der Waals surface area contributed by atoms with Crippen LogP contribution in [0, 0.1) is 20.8 Å². The molecule has 3 aromatic rings. The summed E-state index contributed by atoms with van der Waals surface area (Å²) in [6.07, 6.45) is 2.71. The number of aryl methyl sites for hydroxylation is 3. The predicted octanol–water partition coefficient (Wildman–Crippen LogP) is 4.01. The third kappa shape index (κ3) is 3.29. The molecule has 0 unspecified atom stereocenters. The van der Waals surface area contributed by atoms with Gasteiger partial charge in [-0.15, -0.1) is 0 Å². The maximum Gasteiger partial charge on any atom is 0.408 e. The molecule has 1 aliphatic rings. The number of nitrogens with one attached hydrogen (secondary N) is 1. The Hall–Kier alpha value is -3.06. The predicted molar refractivity (Wildman–Crippen MR) is 116 cm³/mol. The van der Waals surface area contributed by atoms with Gasteiger partial charge in [-0.1, -0.05) is 42.5 Å². The van der Waals surface area contributed by atoms with E-state index in [1.54, 1.807) is 18.3 Å². The highest BCUT2D eigenvalue weighted by atomic mass is 32.2. The molecule has 1 fully saturated rings. The van der Waals surface area contributed by atoms with Gasteiger partial charge in [-0.25, -0.2) is 17.2 Å². The van der Waals surface area contributed by atoms with Crippen LogP contribution >= 0.6 is 0 Å². The zero-order valence-electron chi connectivity index (χ0n) is 17.2. The number of fused-ring (bicyclic) bond motifs is 1. The number of amides is 1. The zero-order valence-corrected chi connectivity index (χ0v) is 18.0. The van der Waals surface area contributed by atoms with Gasteiger partial charge >= 0.3 is 6.09 Å². The monoisotopic (exact) mass is 424 g/mol.